The molecule has 2 amide bonds. The number of amides is 2. The van der Waals surface area contributed by atoms with Crippen LogP contribution in [0.25, 0.3) is 0 Å². The van der Waals surface area contributed by atoms with Gasteiger partial charge in [0.05, 0.1) is 17.2 Å². The number of fused-ring (bicyclic) bond motifs is 1. The Morgan fingerprint density at radius 3 is 2.17 bits per heavy atom. The van der Waals surface area contributed by atoms with Gasteiger partial charge in [0, 0.05) is 0 Å². The number of carbonyl (C=O) groups is 2. The molecule has 92 valence electrons. The van der Waals surface area contributed by atoms with Crippen molar-refractivity contribution in [1.82, 2.24) is 4.90 Å². The molecule has 3 rings (SSSR count). The molecule has 0 spiro atoms. The molecule has 1 aliphatic carbocycles. The normalized spacial score (nSPS) is 23.0. The zero-order valence-corrected chi connectivity index (χ0v) is 12.1. The third-order valence-corrected chi connectivity index (χ3v) is 5.09. The Kier molecular flexibility index (Phi) is 2.77. The molecule has 0 aromatic heterocycles. The highest BCUT2D eigenvalue weighted by atomic mass is 127. The van der Waals surface area contributed by atoms with Crippen molar-refractivity contribution in [3.63, 3.8) is 0 Å². The van der Waals surface area contributed by atoms with Crippen LogP contribution in [-0.4, -0.2) is 22.8 Å². The van der Waals surface area contributed by atoms with E-state index in [0.29, 0.717) is 11.1 Å². The van der Waals surface area contributed by atoms with Crippen molar-refractivity contribution in [2.24, 2.45) is 0 Å². The molecule has 18 heavy (non-hydrogen) atoms. The molecule has 1 heterocycles. The molecule has 0 N–H and O–H groups in total. The molecule has 4 heteroatoms. The lowest BCUT2D eigenvalue weighted by Crippen LogP contribution is -2.39. The number of halogens is 1. The first-order chi connectivity index (χ1) is 8.61. The Bertz CT molecular complexity index is 556. The number of allylic oxidation sites excluding steroid dienone is 1. The van der Waals surface area contributed by atoms with Crippen LogP contribution >= 0.6 is 22.6 Å². The summed E-state index contributed by atoms with van der Waals surface area (Å²) >= 11 is 2.30. The first-order valence-corrected chi connectivity index (χ1v) is 7.01. The number of nitrogens with zero attached hydrogens (tertiary/aromatic N) is 1. The number of imide groups is 1. The van der Waals surface area contributed by atoms with Gasteiger partial charge in [-0.2, -0.15) is 0 Å². The van der Waals surface area contributed by atoms with E-state index in [1.54, 1.807) is 24.3 Å². The van der Waals surface area contributed by atoms with Gasteiger partial charge in [0.15, 0.2) is 0 Å². The molecule has 1 atom stereocenters. The quantitative estimate of drug-likeness (QED) is 0.575. The van der Waals surface area contributed by atoms with Crippen LogP contribution in [0.4, 0.5) is 0 Å². The molecule has 0 saturated heterocycles. The summed E-state index contributed by atoms with van der Waals surface area (Å²) in [6.45, 7) is 2.02. The minimum atomic E-state index is -0.147. The van der Waals surface area contributed by atoms with Crippen molar-refractivity contribution in [2.75, 3.05) is 0 Å². The van der Waals surface area contributed by atoms with Crippen LogP contribution in [0.5, 0.6) is 0 Å². The number of hydrogen-bond acceptors (Lipinski definition) is 2. The molecule has 0 bridgehead atoms. The number of carbonyl (C=O) groups excluding carboxylic acids is 2. The fourth-order valence-corrected chi connectivity index (χ4v) is 3.34. The van der Waals surface area contributed by atoms with E-state index < -0.39 is 0 Å². The van der Waals surface area contributed by atoms with Crippen molar-refractivity contribution >= 4 is 34.4 Å². The van der Waals surface area contributed by atoms with E-state index in [4.69, 9.17) is 0 Å². The molecular weight excluding hydrogens is 341 g/mol. The lowest BCUT2D eigenvalue weighted by atomic mass is 10.1. The summed E-state index contributed by atoms with van der Waals surface area (Å²) in [5, 5.41) is 0. The van der Waals surface area contributed by atoms with E-state index in [1.165, 1.54) is 8.48 Å². The van der Waals surface area contributed by atoms with E-state index >= 15 is 0 Å². The molecule has 0 fully saturated rings. The number of benzene rings is 1. The lowest BCUT2D eigenvalue weighted by molar-refractivity contribution is 0.0607. The second-order valence-corrected chi connectivity index (χ2v) is 5.97. The second kappa shape index (κ2) is 4.19. The van der Waals surface area contributed by atoms with Crippen LogP contribution < -0.4 is 0 Å². The SMILES string of the molecule is CC1=C(I)CCC1N1C(=O)c2ccccc2C1=O. The molecule has 1 unspecified atom stereocenters. The highest BCUT2D eigenvalue weighted by Gasteiger charge is 2.41. The molecule has 1 aromatic carbocycles. The second-order valence-electron chi connectivity index (χ2n) is 4.67. The number of rotatable bonds is 1. The topological polar surface area (TPSA) is 37.4 Å². The van der Waals surface area contributed by atoms with Crippen LogP contribution in [0.1, 0.15) is 40.5 Å². The molecule has 0 saturated carbocycles. The van der Waals surface area contributed by atoms with Gasteiger partial charge >= 0.3 is 0 Å². The third kappa shape index (κ3) is 1.55. The summed E-state index contributed by atoms with van der Waals surface area (Å²) in [5.41, 5.74) is 2.24. The van der Waals surface area contributed by atoms with Crippen molar-refractivity contribution in [3.05, 3.63) is 44.5 Å². The summed E-state index contributed by atoms with van der Waals surface area (Å²) in [5.74, 6) is -0.294. The Balaban J connectivity index is 2.03. The molecule has 2 aliphatic rings. The first kappa shape index (κ1) is 11.9. The molecule has 1 aliphatic heterocycles. The maximum absolute atomic E-state index is 12.3. The predicted octanol–water partition coefficient (Wildman–Crippen LogP) is 3.15. The van der Waals surface area contributed by atoms with Crippen molar-refractivity contribution in [1.29, 1.82) is 0 Å². The summed E-state index contributed by atoms with van der Waals surface area (Å²) in [7, 11) is 0. The van der Waals surface area contributed by atoms with Gasteiger partial charge in [-0.25, -0.2) is 0 Å². The minimum absolute atomic E-state index is 0.0516. The van der Waals surface area contributed by atoms with Crippen LogP contribution in [0.2, 0.25) is 0 Å². The van der Waals surface area contributed by atoms with Crippen molar-refractivity contribution in [2.45, 2.75) is 25.8 Å². The first-order valence-electron chi connectivity index (χ1n) is 5.93. The van der Waals surface area contributed by atoms with Crippen LogP contribution in [-0.2, 0) is 0 Å². The summed E-state index contributed by atoms with van der Waals surface area (Å²) in [6, 6.07) is 7.01. The van der Waals surface area contributed by atoms with Gasteiger partial charge in [0.1, 0.15) is 0 Å². The van der Waals surface area contributed by atoms with E-state index in [9.17, 15) is 9.59 Å². The summed E-state index contributed by atoms with van der Waals surface area (Å²) in [6.07, 6.45) is 1.82. The van der Waals surface area contributed by atoms with Gasteiger partial charge in [0.25, 0.3) is 11.8 Å². The summed E-state index contributed by atoms with van der Waals surface area (Å²) < 4.78 is 1.27. The van der Waals surface area contributed by atoms with Crippen molar-refractivity contribution < 1.29 is 9.59 Å². The van der Waals surface area contributed by atoms with Crippen LogP contribution in [0, 0.1) is 0 Å². The molecule has 1 aromatic rings. The molecule has 3 nitrogen and oxygen atoms in total. The average molecular weight is 353 g/mol. The Morgan fingerprint density at radius 2 is 1.72 bits per heavy atom. The zero-order valence-electron chi connectivity index (χ0n) is 9.94. The Hall–Kier alpha value is -1.17. The molecular formula is C14H12INO2. The van der Waals surface area contributed by atoms with Gasteiger partial charge in [-0.15, -0.1) is 0 Å². The van der Waals surface area contributed by atoms with E-state index in [0.717, 1.165) is 18.4 Å². The van der Waals surface area contributed by atoms with Crippen LogP contribution in [0.15, 0.2) is 33.4 Å². The highest BCUT2D eigenvalue weighted by Crippen LogP contribution is 2.37. The standard InChI is InChI=1S/C14H12INO2/c1-8-11(15)6-7-12(8)16-13(17)9-4-2-3-5-10(9)14(16)18/h2-5,12H,6-7H2,1H3. The maximum Gasteiger partial charge on any atom is 0.262 e. The van der Waals surface area contributed by atoms with Gasteiger partial charge in [-0.1, -0.05) is 12.1 Å². The van der Waals surface area contributed by atoms with E-state index in [1.807, 2.05) is 6.92 Å². The highest BCUT2D eigenvalue weighted by molar-refractivity contribution is 14.1. The van der Waals surface area contributed by atoms with E-state index in [-0.39, 0.29) is 17.9 Å². The smallest absolute Gasteiger partial charge is 0.262 e. The Labute approximate surface area is 119 Å². The van der Waals surface area contributed by atoms with Gasteiger partial charge in [-0.3, -0.25) is 14.5 Å². The van der Waals surface area contributed by atoms with Gasteiger partial charge in [0.2, 0.25) is 0 Å². The Morgan fingerprint density at radius 1 is 1.17 bits per heavy atom. The van der Waals surface area contributed by atoms with Crippen LogP contribution in [0.3, 0.4) is 0 Å². The minimum Gasteiger partial charge on any atom is -0.269 e. The fraction of sp³-hybridized carbons (Fsp3) is 0.286. The fourth-order valence-electron chi connectivity index (χ4n) is 2.67. The van der Waals surface area contributed by atoms with E-state index in [2.05, 4.69) is 22.6 Å². The largest absolute Gasteiger partial charge is 0.269 e. The van der Waals surface area contributed by atoms with Gasteiger partial charge < -0.3 is 0 Å². The molecule has 0 radical (unpaired) electrons. The summed E-state index contributed by atoms with van der Waals surface area (Å²) in [4.78, 5) is 26.1. The number of hydrogen-bond donors (Lipinski definition) is 0. The average Bonchev–Trinajstić information content (AvgIpc) is 2.82. The monoisotopic (exact) mass is 353 g/mol. The van der Waals surface area contributed by atoms with Crippen molar-refractivity contribution in [3.8, 4) is 0 Å². The van der Waals surface area contributed by atoms with Gasteiger partial charge in [-0.05, 0) is 63.6 Å². The zero-order chi connectivity index (χ0) is 12.9. The predicted molar refractivity (Wildman–Crippen MR) is 76.7 cm³/mol. The lowest BCUT2D eigenvalue weighted by Gasteiger charge is -2.23. The third-order valence-electron chi connectivity index (χ3n) is 3.70. The maximum atomic E-state index is 12.3.